The first-order valence-corrected chi connectivity index (χ1v) is 5.86. The van der Waals surface area contributed by atoms with Crippen LogP contribution in [0.15, 0.2) is 59.8 Å². The molecule has 0 saturated heterocycles. The van der Waals surface area contributed by atoms with Gasteiger partial charge in [0.2, 0.25) is 0 Å². The number of pyridine rings is 1. The standard InChI is InChI=1S/C14H14N4O/c19-14(11-16-12-6-2-1-3-7-12)18-17-10-13-8-4-5-9-15-13/h1-10,16H,11H2,(H,18,19)/b17-10+. The Hall–Kier alpha value is -2.69. The van der Waals surface area contributed by atoms with Crippen molar-refractivity contribution in [3.8, 4) is 0 Å². The number of hydrazone groups is 1. The molecule has 2 rings (SSSR count). The second-order valence-corrected chi connectivity index (χ2v) is 3.77. The molecule has 0 spiro atoms. The highest BCUT2D eigenvalue weighted by molar-refractivity contribution is 5.83. The van der Waals surface area contributed by atoms with Gasteiger partial charge in [0.05, 0.1) is 18.5 Å². The van der Waals surface area contributed by atoms with Gasteiger partial charge < -0.3 is 5.32 Å². The zero-order chi connectivity index (χ0) is 13.3. The molecule has 1 amide bonds. The van der Waals surface area contributed by atoms with E-state index < -0.39 is 0 Å². The van der Waals surface area contributed by atoms with E-state index in [1.54, 1.807) is 12.3 Å². The first-order valence-electron chi connectivity index (χ1n) is 5.86. The highest BCUT2D eigenvalue weighted by atomic mass is 16.2. The van der Waals surface area contributed by atoms with Crippen molar-refractivity contribution >= 4 is 17.8 Å². The van der Waals surface area contributed by atoms with Crippen molar-refractivity contribution in [1.29, 1.82) is 0 Å². The summed E-state index contributed by atoms with van der Waals surface area (Å²) in [6.07, 6.45) is 3.17. The van der Waals surface area contributed by atoms with Crippen molar-refractivity contribution in [2.75, 3.05) is 11.9 Å². The first kappa shape index (κ1) is 12.8. The average molecular weight is 254 g/mol. The van der Waals surface area contributed by atoms with Gasteiger partial charge in [0.1, 0.15) is 0 Å². The molecule has 0 fully saturated rings. The van der Waals surface area contributed by atoms with Gasteiger partial charge in [0, 0.05) is 11.9 Å². The number of amides is 1. The van der Waals surface area contributed by atoms with E-state index in [2.05, 4.69) is 20.8 Å². The fourth-order valence-corrected chi connectivity index (χ4v) is 1.40. The topological polar surface area (TPSA) is 66.4 Å². The molecule has 0 radical (unpaired) electrons. The van der Waals surface area contributed by atoms with Crippen LogP contribution in [-0.2, 0) is 4.79 Å². The molecule has 1 aromatic heterocycles. The SMILES string of the molecule is O=C(CNc1ccccc1)N/N=C/c1ccccn1. The number of para-hydroxylation sites is 1. The van der Waals surface area contributed by atoms with Gasteiger partial charge in [-0.3, -0.25) is 9.78 Å². The maximum Gasteiger partial charge on any atom is 0.259 e. The van der Waals surface area contributed by atoms with E-state index in [0.29, 0.717) is 5.69 Å². The molecule has 0 aliphatic heterocycles. The second-order valence-electron chi connectivity index (χ2n) is 3.77. The monoisotopic (exact) mass is 254 g/mol. The van der Waals surface area contributed by atoms with Gasteiger partial charge in [-0.25, -0.2) is 5.43 Å². The molecule has 0 unspecified atom stereocenters. The van der Waals surface area contributed by atoms with Gasteiger partial charge in [0.15, 0.2) is 0 Å². The average Bonchev–Trinajstić information content (AvgIpc) is 2.47. The van der Waals surface area contributed by atoms with Gasteiger partial charge in [0.25, 0.3) is 5.91 Å². The lowest BCUT2D eigenvalue weighted by molar-refractivity contribution is -0.119. The quantitative estimate of drug-likeness (QED) is 0.629. The van der Waals surface area contributed by atoms with E-state index in [-0.39, 0.29) is 12.5 Å². The van der Waals surface area contributed by atoms with E-state index in [1.807, 2.05) is 42.5 Å². The highest BCUT2D eigenvalue weighted by Gasteiger charge is 1.98. The van der Waals surface area contributed by atoms with E-state index in [4.69, 9.17) is 0 Å². The fraction of sp³-hybridized carbons (Fsp3) is 0.0714. The number of nitrogens with zero attached hydrogens (tertiary/aromatic N) is 2. The van der Waals surface area contributed by atoms with Crippen LogP contribution in [0.2, 0.25) is 0 Å². The Kier molecular flexibility index (Phi) is 4.64. The summed E-state index contributed by atoms with van der Waals surface area (Å²) in [4.78, 5) is 15.6. The number of aromatic nitrogens is 1. The van der Waals surface area contributed by atoms with E-state index >= 15 is 0 Å². The van der Waals surface area contributed by atoms with Crippen molar-refractivity contribution in [3.05, 3.63) is 60.4 Å². The lowest BCUT2D eigenvalue weighted by atomic mass is 10.3. The Morgan fingerprint density at radius 3 is 2.68 bits per heavy atom. The van der Waals surface area contributed by atoms with Crippen LogP contribution >= 0.6 is 0 Å². The third kappa shape index (κ3) is 4.59. The van der Waals surface area contributed by atoms with Gasteiger partial charge >= 0.3 is 0 Å². The van der Waals surface area contributed by atoms with Gasteiger partial charge in [-0.05, 0) is 24.3 Å². The Bertz CT molecular complexity index is 540. The van der Waals surface area contributed by atoms with Crippen LogP contribution in [0.5, 0.6) is 0 Å². The molecule has 0 bridgehead atoms. The predicted molar refractivity (Wildman–Crippen MR) is 74.9 cm³/mol. The maximum absolute atomic E-state index is 11.5. The zero-order valence-corrected chi connectivity index (χ0v) is 10.3. The number of hydrogen-bond donors (Lipinski definition) is 2. The molecule has 0 atom stereocenters. The molecule has 2 aromatic rings. The normalized spacial score (nSPS) is 10.3. The molecule has 1 heterocycles. The van der Waals surface area contributed by atoms with Crippen LogP contribution in [0.1, 0.15) is 5.69 Å². The Labute approximate surface area is 111 Å². The summed E-state index contributed by atoms with van der Waals surface area (Å²) < 4.78 is 0. The summed E-state index contributed by atoms with van der Waals surface area (Å²) >= 11 is 0. The van der Waals surface area contributed by atoms with Crippen LogP contribution in [0, 0.1) is 0 Å². The lowest BCUT2D eigenvalue weighted by Crippen LogP contribution is -2.25. The summed E-state index contributed by atoms with van der Waals surface area (Å²) in [6, 6.07) is 15.0. The van der Waals surface area contributed by atoms with Gasteiger partial charge in [-0.2, -0.15) is 5.10 Å². The van der Waals surface area contributed by atoms with Crippen LogP contribution in [0.4, 0.5) is 5.69 Å². The predicted octanol–water partition coefficient (Wildman–Crippen LogP) is 1.64. The summed E-state index contributed by atoms with van der Waals surface area (Å²) in [5.41, 5.74) is 4.02. The summed E-state index contributed by atoms with van der Waals surface area (Å²) in [7, 11) is 0. The van der Waals surface area contributed by atoms with Crippen LogP contribution in [-0.4, -0.2) is 23.7 Å². The third-order valence-corrected chi connectivity index (χ3v) is 2.30. The van der Waals surface area contributed by atoms with Crippen LogP contribution in [0.3, 0.4) is 0 Å². The molecule has 1 aromatic carbocycles. The third-order valence-electron chi connectivity index (χ3n) is 2.30. The second kappa shape index (κ2) is 6.90. The van der Waals surface area contributed by atoms with E-state index in [1.165, 1.54) is 6.21 Å². The number of carbonyl (C=O) groups is 1. The van der Waals surface area contributed by atoms with Crippen molar-refractivity contribution in [2.24, 2.45) is 5.10 Å². The molecule has 96 valence electrons. The minimum Gasteiger partial charge on any atom is -0.376 e. The van der Waals surface area contributed by atoms with Crippen molar-refractivity contribution in [2.45, 2.75) is 0 Å². The molecule has 5 nitrogen and oxygen atoms in total. The Balaban J connectivity index is 1.75. The summed E-state index contributed by atoms with van der Waals surface area (Å²) in [6.45, 7) is 0.170. The minimum atomic E-state index is -0.212. The molecule has 5 heteroatoms. The number of benzene rings is 1. The molecular formula is C14H14N4O. The molecule has 0 aliphatic rings. The number of rotatable bonds is 5. The summed E-state index contributed by atoms with van der Waals surface area (Å²) in [5, 5.41) is 6.82. The minimum absolute atomic E-state index is 0.170. The summed E-state index contributed by atoms with van der Waals surface area (Å²) in [5.74, 6) is -0.212. The molecule has 2 N–H and O–H groups in total. The van der Waals surface area contributed by atoms with E-state index in [0.717, 1.165) is 5.69 Å². The van der Waals surface area contributed by atoms with Gasteiger partial charge in [-0.15, -0.1) is 0 Å². The smallest absolute Gasteiger partial charge is 0.259 e. The maximum atomic E-state index is 11.5. The van der Waals surface area contributed by atoms with E-state index in [9.17, 15) is 4.79 Å². The number of hydrogen-bond acceptors (Lipinski definition) is 4. The first-order chi connectivity index (χ1) is 9.34. The lowest BCUT2D eigenvalue weighted by Gasteiger charge is -2.04. The van der Waals surface area contributed by atoms with Crippen LogP contribution in [0.25, 0.3) is 0 Å². The molecule has 19 heavy (non-hydrogen) atoms. The molecule has 0 aliphatic carbocycles. The number of nitrogens with one attached hydrogen (secondary N) is 2. The molecule has 0 saturated carbocycles. The zero-order valence-electron chi connectivity index (χ0n) is 10.3. The van der Waals surface area contributed by atoms with Crippen LogP contribution < -0.4 is 10.7 Å². The highest BCUT2D eigenvalue weighted by Crippen LogP contribution is 2.03. The van der Waals surface area contributed by atoms with Crippen molar-refractivity contribution < 1.29 is 4.79 Å². The number of carbonyl (C=O) groups excluding carboxylic acids is 1. The molecular weight excluding hydrogens is 240 g/mol. The fourth-order valence-electron chi connectivity index (χ4n) is 1.40. The number of anilines is 1. The van der Waals surface area contributed by atoms with Crippen molar-refractivity contribution in [3.63, 3.8) is 0 Å². The largest absolute Gasteiger partial charge is 0.376 e. The Morgan fingerprint density at radius 2 is 1.95 bits per heavy atom. The Morgan fingerprint density at radius 1 is 1.16 bits per heavy atom. The van der Waals surface area contributed by atoms with Crippen molar-refractivity contribution in [1.82, 2.24) is 10.4 Å². The van der Waals surface area contributed by atoms with Gasteiger partial charge in [-0.1, -0.05) is 24.3 Å².